The smallest absolute Gasteiger partial charge is 0.126 e. The second-order valence-electron chi connectivity index (χ2n) is 4.96. The predicted octanol–water partition coefficient (Wildman–Crippen LogP) is 3.23. The lowest BCUT2D eigenvalue weighted by Gasteiger charge is -2.25. The molecule has 1 fully saturated rings. The van der Waals surface area contributed by atoms with Crippen LogP contribution >= 0.6 is 0 Å². The average molecular weight is 222 g/mol. The molecular weight excluding hydrogens is 203 g/mol. The maximum absolute atomic E-state index is 13.1. The Hall–Kier alpha value is -0.890. The normalized spacial score (nSPS) is 25.7. The molecule has 88 valence electrons. The van der Waals surface area contributed by atoms with Crippen LogP contribution in [-0.2, 0) is 6.42 Å². The highest BCUT2D eigenvalue weighted by Crippen LogP contribution is 2.27. The van der Waals surface area contributed by atoms with E-state index in [2.05, 4.69) is 0 Å². The van der Waals surface area contributed by atoms with Crippen LogP contribution in [0, 0.1) is 18.7 Å². The first-order valence-electron chi connectivity index (χ1n) is 6.08. The average Bonchev–Trinajstić information content (AvgIpc) is 2.27. The highest BCUT2D eigenvalue weighted by atomic mass is 19.1. The highest BCUT2D eigenvalue weighted by Gasteiger charge is 2.19. The van der Waals surface area contributed by atoms with Gasteiger partial charge in [0.15, 0.2) is 0 Å². The van der Waals surface area contributed by atoms with Crippen molar-refractivity contribution in [1.82, 2.24) is 0 Å². The molecule has 2 heteroatoms. The van der Waals surface area contributed by atoms with Crippen molar-refractivity contribution in [2.24, 2.45) is 5.92 Å². The van der Waals surface area contributed by atoms with Crippen LogP contribution < -0.4 is 0 Å². The van der Waals surface area contributed by atoms with Gasteiger partial charge in [-0.1, -0.05) is 12.1 Å². The Kier molecular flexibility index (Phi) is 3.59. The Morgan fingerprint density at radius 1 is 1.25 bits per heavy atom. The maximum atomic E-state index is 13.1. The van der Waals surface area contributed by atoms with Gasteiger partial charge in [-0.2, -0.15) is 0 Å². The van der Waals surface area contributed by atoms with E-state index in [-0.39, 0.29) is 11.9 Å². The summed E-state index contributed by atoms with van der Waals surface area (Å²) in [4.78, 5) is 0. The zero-order valence-corrected chi connectivity index (χ0v) is 9.75. The van der Waals surface area contributed by atoms with E-state index in [4.69, 9.17) is 0 Å². The Labute approximate surface area is 96.3 Å². The number of aliphatic hydroxyl groups excluding tert-OH is 1. The van der Waals surface area contributed by atoms with Gasteiger partial charge >= 0.3 is 0 Å². The van der Waals surface area contributed by atoms with E-state index in [1.54, 1.807) is 6.07 Å². The third-order valence-corrected chi connectivity index (χ3v) is 3.56. The number of halogens is 1. The van der Waals surface area contributed by atoms with Gasteiger partial charge in [-0.25, -0.2) is 4.39 Å². The molecule has 0 radical (unpaired) electrons. The minimum Gasteiger partial charge on any atom is -0.393 e. The molecule has 1 N–H and O–H groups in total. The molecule has 0 saturated heterocycles. The zero-order chi connectivity index (χ0) is 11.5. The van der Waals surface area contributed by atoms with Crippen LogP contribution in [0.5, 0.6) is 0 Å². The molecule has 0 heterocycles. The van der Waals surface area contributed by atoms with Crippen molar-refractivity contribution in [2.75, 3.05) is 0 Å². The largest absolute Gasteiger partial charge is 0.393 e. The van der Waals surface area contributed by atoms with Crippen LogP contribution in [0.3, 0.4) is 0 Å². The molecule has 1 aromatic carbocycles. The van der Waals surface area contributed by atoms with Crippen LogP contribution in [0.1, 0.15) is 36.8 Å². The Morgan fingerprint density at radius 2 is 1.94 bits per heavy atom. The second-order valence-corrected chi connectivity index (χ2v) is 4.96. The minimum absolute atomic E-state index is 0.0915. The van der Waals surface area contributed by atoms with Crippen molar-refractivity contribution in [2.45, 2.75) is 45.1 Å². The molecule has 1 aromatic rings. The van der Waals surface area contributed by atoms with Crippen LogP contribution in [0.2, 0.25) is 0 Å². The summed E-state index contributed by atoms with van der Waals surface area (Å²) in [5, 5.41) is 9.42. The summed E-state index contributed by atoms with van der Waals surface area (Å²) in [5.41, 5.74) is 1.95. The first-order chi connectivity index (χ1) is 7.65. The van der Waals surface area contributed by atoms with Gasteiger partial charge in [-0.05, 0) is 62.1 Å². The molecule has 1 aliphatic rings. The second kappa shape index (κ2) is 4.96. The molecule has 0 aliphatic heterocycles. The molecule has 2 rings (SSSR count). The molecule has 0 aromatic heterocycles. The molecule has 16 heavy (non-hydrogen) atoms. The predicted molar refractivity (Wildman–Crippen MR) is 62.8 cm³/mol. The highest BCUT2D eigenvalue weighted by molar-refractivity contribution is 5.24. The van der Waals surface area contributed by atoms with Gasteiger partial charge < -0.3 is 5.11 Å². The summed E-state index contributed by atoms with van der Waals surface area (Å²) in [5.74, 6) is 0.538. The molecule has 1 nitrogen and oxygen atoms in total. The first-order valence-corrected chi connectivity index (χ1v) is 6.08. The zero-order valence-electron chi connectivity index (χ0n) is 9.75. The molecule has 0 amide bonds. The summed E-state index contributed by atoms with van der Waals surface area (Å²) in [7, 11) is 0. The van der Waals surface area contributed by atoms with Gasteiger partial charge in [0.2, 0.25) is 0 Å². The molecule has 0 bridgehead atoms. The minimum atomic E-state index is -0.122. The van der Waals surface area contributed by atoms with E-state index in [0.717, 1.165) is 37.7 Å². The quantitative estimate of drug-likeness (QED) is 0.814. The summed E-state index contributed by atoms with van der Waals surface area (Å²) < 4.78 is 13.1. The summed E-state index contributed by atoms with van der Waals surface area (Å²) >= 11 is 0. The molecular formula is C14H19FO. The van der Waals surface area contributed by atoms with Gasteiger partial charge in [-0.15, -0.1) is 0 Å². The van der Waals surface area contributed by atoms with E-state index < -0.39 is 0 Å². The van der Waals surface area contributed by atoms with Crippen molar-refractivity contribution in [3.8, 4) is 0 Å². The van der Waals surface area contributed by atoms with Crippen molar-refractivity contribution >= 4 is 0 Å². The third kappa shape index (κ3) is 2.82. The van der Waals surface area contributed by atoms with Gasteiger partial charge in [0.25, 0.3) is 0 Å². The van der Waals surface area contributed by atoms with Gasteiger partial charge in [0.1, 0.15) is 5.82 Å². The molecule has 1 aliphatic carbocycles. The number of hydrogen-bond donors (Lipinski definition) is 1. The SMILES string of the molecule is Cc1cc(CC2CCC(O)CC2)ccc1F. The van der Waals surface area contributed by atoms with Crippen molar-refractivity contribution in [1.29, 1.82) is 0 Å². The van der Waals surface area contributed by atoms with Crippen molar-refractivity contribution < 1.29 is 9.50 Å². The fraction of sp³-hybridized carbons (Fsp3) is 0.571. The van der Waals surface area contributed by atoms with E-state index >= 15 is 0 Å². The summed E-state index contributed by atoms with van der Waals surface area (Å²) in [6, 6.07) is 5.38. The fourth-order valence-electron chi connectivity index (χ4n) is 2.52. The molecule has 0 spiro atoms. The summed E-state index contributed by atoms with van der Waals surface area (Å²) in [6.45, 7) is 1.81. The lowest BCUT2D eigenvalue weighted by molar-refractivity contribution is 0.109. The Bertz CT molecular complexity index is 354. The van der Waals surface area contributed by atoms with E-state index in [1.807, 2.05) is 19.1 Å². The van der Waals surface area contributed by atoms with Crippen LogP contribution in [0.15, 0.2) is 18.2 Å². The van der Waals surface area contributed by atoms with Gasteiger partial charge in [0.05, 0.1) is 6.10 Å². The molecule has 0 unspecified atom stereocenters. The summed E-state index contributed by atoms with van der Waals surface area (Å²) in [6.07, 6.45) is 4.96. The van der Waals surface area contributed by atoms with Crippen molar-refractivity contribution in [3.63, 3.8) is 0 Å². The van der Waals surface area contributed by atoms with E-state index in [1.165, 1.54) is 5.56 Å². The number of aliphatic hydroxyl groups is 1. The van der Waals surface area contributed by atoms with Crippen molar-refractivity contribution in [3.05, 3.63) is 35.1 Å². The lowest BCUT2D eigenvalue weighted by atomic mass is 9.83. The molecule has 0 atom stereocenters. The number of rotatable bonds is 2. The Balaban J connectivity index is 1.96. The molecule has 1 saturated carbocycles. The maximum Gasteiger partial charge on any atom is 0.126 e. The van der Waals surface area contributed by atoms with Crippen LogP contribution in [0.4, 0.5) is 4.39 Å². The first kappa shape index (κ1) is 11.6. The number of aryl methyl sites for hydroxylation is 1. The fourth-order valence-corrected chi connectivity index (χ4v) is 2.52. The number of benzene rings is 1. The van der Waals surface area contributed by atoms with Gasteiger partial charge in [-0.3, -0.25) is 0 Å². The Morgan fingerprint density at radius 3 is 2.56 bits per heavy atom. The monoisotopic (exact) mass is 222 g/mol. The number of hydrogen-bond acceptors (Lipinski definition) is 1. The van der Waals surface area contributed by atoms with Crippen LogP contribution in [0.25, 0.3) is 0 Å². The third-order valence-electron chi connectivity index (χ3n) is 3.56. The van der Waals surface area contributed by atoms with Gasteiger partial charge in [0, 0.05) is 0 Å². The van der Waals surface area contributed by atoms with E-state index in [9.17, 15) is 9.50 Å². The lowest BCUT2D eigenvalue weighted by Crippen LogP contribution is -2.19. The van der Waals surface area contributed by atoms with E-state index in [0.29, 0.717) is 5.92 Å². The van der Waals surface area contributed by atoms with Crippen LogP contribution in [-0.4, -0.2) is 11.2 Å². The topological polar surface area (TPSA) is 20.2 Å². The standard InChI is InChI=1S/C14H19FO/c1-10-8-12(4-7-14(10)15)9-11-2-5-13(16)6-3-11/h4,7-8,11,13,16H,2-3,5-6,9H2,1H3.